The van der Waals surface area contributed by atoms with Crippen LogP contribution in [0, 0.1) is 18.3 Å². The fourth-order valence-corrected chi connectivity index (χ4v) is 4.32. The van der Waals surface area contributed by atoms with Gasteiger partial charge in [-0.3, -0.25) is 9.69 Å². The maximum absolute atomic E-state index is 12.9. The van der Waals surface area contributed by atoms with E-state index >= 15 is 0 Å². The lowest BCUT2D eigenvalue weighted by Crippen LogP contribution is -2.30. The molecule has 3 aromatic carbocycles. The van der Waals surface area contributed by atoms with Crippen molar-refractivity contribution in [1.29, 1.82) is 5.26 Å². The van der Waals surface area contributed by atoms with E-state index in [0.717, 1.165) is 16.7 Å². The van der Waals surface area contributed by atoms with Crippen molar-refractivity contribution in [3.8, 4) is 17.6 Å². The van der Waals surface area contributed by atoms with Crippen molar-refractivity contribution in [3.05, 3.63) is 98.7 Å². The largest absolute Gasteiger partial charge is 0.493 e. The maximum atomic E-state index is 12.9. The van der Waals surface area contributed by atoms with Gasteiger partial charge in [0.05, 0.1) is 29.8 Å². The van der Waals surface area contributed by atoms with Gasteiger partial charge in [-0.2, -0.15) is 5.26 Å². The Balaban J connectivity index is 1.55. The van der Waals surface area contributed by atoms with E-state index in [0.29, 0.717) is 27.1 Å². The van der Waals surface area contributed by atoms with Gasteiger partial charge >= 0.3 is 6.03 Å². The van der Waals surface area contributed by atoms with Crippen LogP contribution in [0.4, 0.5) is 4.79 Å². The van der Waals surface area contributed by atoms with Gasteiger partial charge in [0.2, 0.25) is 0 Å². The molecule has 0 aliphatic carbocycles. The molecular weight excluding hydrogens is 510 g/mol. The predicted molar refractivity (Wildman–Crippen MR) is 134 cm³/mol. The number of nitriles is 1. The minimum atomic E-state index is -0.468. The zero-order chi connectivity index (χ0) is 24.9. The molecule has 0 unspecified atom stereocenters. The van der Waals surface area contributed by atoms with Crippen LogP contribution in [0.15, 0.2) is 70.8 Å². The quantitative estimate of drug-likeness (QED) is 0.329. The summed E-state index contributed by atoms with van der Waals surface area (Å²) in [6.07, 6.45) is 1.60. The summed E-state index contributed by atoms with van der Waals surface area (Å²) < 4.78 is 12.1. The van der Waals surface area contributed by atoms with E-state index in [-0.39, 0.29) is 18.8 Å². The van der Waals surface area contributed by atoms with E-state index in [4.69, 9.17) is 9.47 Å². The third-order valence-electron chi connectivity index (χ3n) is 5.46. The molecule has 1 fully saturated rings. The number of benzene rings is 3. The lowest BCUT2D eigenvalue weighted by atomic mass is 10.1. The molecule has 0 bridgehead atoms. The number of nitrogens with one attached hydrogen (secondary N) is 1. The number of amides is 3. The Morgan fingerprint density at radius 1 is 1.11 bits per heavy atom. The zero-order valence-corrected chi connectivity index (χ0v) is 20.8. The molecule has 4 rings (SSSR count). The zero-order valence-electron chi connectivity index (χ0n) is 19.2. The highest BCUT2D eigenvalue weighted by atomic mass is 79.9. The molecule has 0 aromatic heterocycles. The van der Waals surface area contributed by atoms with Crippen LogP contribution in [0.1, 0.15) is 27.8 Å². The number of carbonyl (C=O) groups excluding carboxylic acids is 2. The van der Waals surface area contributed by atoms with E-state index in [9.17, 15) is 14.9 Å². The third-order valence-corrected chi connectivity index (χ3v) is 6.05. The fourth-order valence-electron chi connectivity index (χ4n) is 3.74. The number of hydrogen-bond donors (Lipinski definition) is 1. The summed E-state index contributed by atoms with van der Waals surface area (Å²) in [5.74, 6) is 0.499. The van der Waals surface area contributed by atoms with Crippen molar-refractivity contribution in [2.75, 3.05) is 7.11 Å². The molecule has 8 heteroatoms. The molecule has 176 valence electrons. The summed E-state index contributed by atoms with van der Waals surface area (Å²) in [5.41, 5.74) is 4.03. The molecule has 0 radical (unpaired) electrons. The first-order valence-corrected chi connectivity index (χ1v) is 11.6. The van der Waals surface area contributed by atoms with Crippen LogP contribution in [0.25, 0.3) is 6.08 Å². The van der Waals surface area contributed by atoms with Gasteiger partial charge in [-0.15, -0.1) is 0 Å². The van der Waals surface area contributed by atoms with E-state index < -0.39 is 11.9 Å². The van der Waals surface area contributed by atoms with Gasteiger partial charge in [-0.05, 0) is 58.3 Å². The van der Waals surface area contributed by atoms with Crippen LogP contribution in [-0.4, -0.2) is 23.9 Å². The van der Waals surface area contributed by atoms with Gasteiger partial charge in [0.1, 0.15) is 12.3 Å². The Bertz CT molecular complexity index is 1380. The van der Waals surface area contributed by atoms with Gasteiger partial charge in [0.25, 0.3) is 5.91 Å². The summed E-state index contributed by atoms with van der Waals surface area (Å²) in [6.45, 7) is 2.33. The summed E-state index contributed by atoms with van der Waals surface area (Å²) in [5, 5.41) is 11.9. The number of nitrogens with zero attached hydrogens (tertiary/aromatic N) is 2. The van der Waals surface area contributed by atoms with E-state index in [1.54, 1.807) is 30.3 Å². The van der Waals surface area contributed by atoms with Crippen LogP contribution >= 0.6 is 15.9 Å². The smallest absolute Gasteiger partial charge is 0.329 e. The van der Waals surface area contributed by atoms with Crippen LogP contribution in [-0.2, 0) is 17.9 Å². The highest BCUT2D eigenvalue weighted by Gasteiger charge is 2.33. The number of aryl methyl sites for hydroxylation is 1. The van der Waals surface area contributed by atoms with Crippen molar-refractivity contribution < 1.29 is 19.1 Å². The molecule has 7 nitrogen and oxygen atoms in total. The predicted octanol–water partition coefficient (Wildman–Crippen LogP) is 5.31. The normalized spacial score (nSPS) is 14.1. The maximum Gasteiger partial charge on any atom is 0.329 e. The average molecular weight is 532 g/mol. The average Bonchev–Trinajstić information content (AvgIpc) is 3.10. The second kappa shape index (κ2) is 10.5. The second-order valence-electron chi connectivity index (χ2n) is 7.96. The van der Waals surface area contributed by atoms with Gasteiger partial charge in [0, 0.05) is 5.56 Å². The number of carbonyl (C=O) groups is 2. The van der Waals surface area contributed by atoms with Gasteiger partial charge in [0.15, 0.2) is 11.5 Å². The molecule has 1 saturated heterocycles. The monoisotopic (exact) mass is 531 g/mol. The highest BCUT2D eigenvalue weighted by Crippen LogP contribution is 2.38. The molecule has 35 heavy (non-hydrogen) atoms. The summed E-state index contributed by atoms with van der Waals surface area (Å²) in [6, 6.07) is 20.0. The molecule has 0 spiro atoms. The minimum absolute atomic E-state index is 0.174. The van der Waals surface area contributed by atoms with Gasteiger partial charge in [-0.1, -0.05) is 48.0 Å². The van der Waals surface area contributed by atoms with E-state index in [1.807, 2.05) is 43.3 Å². The first kappa shape index (κ1) is 24.0. The van der Waals surface area contributed by atoms with Gasteiger partial charge in [-0.25, -0.2) is 4.79 Å². The second-order valence-corrected chi connectivity index (χ2v) is 8.81. The molecule has 1 aliphatic heterocycles. The van der Waals surface area contributed by atoms with Crippen molar-refractivity contribution in [2.45, 2.75) is 20.1 Å². The topological polar surface area (TPSA) is 91.7 Å². The Morgan fingerprint density at radius 3 is 2.66 bits per heavy atom. The Kier molecular flexibility index (Phi) is 7.18. The lowest BCUT2D eigenvalue weighted by Gasteiger charge is -2.14. The van der Waals surface area contributed by atoms with Crippen LogP contribution < -0.4 is 14.8 Å². The molecule has 0 saturated carbocycles. The third kappa shape index (κ3) is 5.36. The number of methoxy groups -OCH3 is 1. The molecular formula is C27H22BrN3O4. The van der Waals surface area contributed by atoms with Crippen molar-refractivity contribution in [1.82, 2.24) is 10.2 Å². The van der Waals surface area contributed by atoms with Crippen LogP contribution in [0.3, 0.4) is 0 Å². The van der Waals surface area contributed by atoms with Crippen LogP contribution in [0.2, 0.25) is 0 Å². The van der Waals surface area contributed by atoms with Crippen molar-refractivity contribution >= 4 is 33.9 Å². The molecule has 0 atom stereocenters. The number of hydrogen-bond acceptors (Lipinski definition) is 5. The molecule has 3 aromatic rings. The first-order valence-electron chi connectivity index (χ1n) is 10.8. The Hall–Kier alpha value is -4.09. The standard InChI is InChI=1S/C27H22BrN3O4/c1-17-6-5-7-18(10-17)15-31-26(32)23(30-27(31)33)12-19-11-22(28)25(24(13-19)34-2)35-16-21-9-4-3-8-20(21)14-29/h3-13H,15-16H2,1-2H3,(H,30,33)/b23-12+. The van der Waals surface area contributed by atoms with Crippen molar-refractivity contribution in [2.24, 2.45) is 0 Å². The molecule has 1 N–H and O–H groups in total. The Morgan fingerprint density at radius 2 is 1.91 bits per heavy atom. The van der Waals surface area contributed by atoms with E-state index in [2.05, 4.69) is 27.3 Å². The van der Waals surface area contributed by atoms with Gasteiger partial charge < -0.3 is 14.8 Å². The molecule has 1 aliphatic rings. The lowest BCUT2D eigenvalue weighted by molar-refractivity contribution is -0.123. The number of urea groups is 1. The van der Waals surface area contributed by atoms with E-state index in [1.165, 1.54) is 12.0 Å². The molecule has 1 heterocycles. The summed E-state index contributed by atoms with van der Waals surface area (Å²) in [7, 11) is 1.51. The van der Waals surface area contributed by atoms with Crippen molar-refractivity contribution in [3.63, 3.8) is 0 Å². The van der Waals surface area contributed by atoms with Crippen LogP contribution in [0.5, 0.6) is 11.5 Å². The number of ether oxygens (including phenoxy) is 2. The number of imide groups is 1. The molecule has 3 amide bonds. The number of halogens is 1. The SMILES string of the molecule is COc1cc(/C=C2/NC(=O)N(Cc3cccc(C)c3)C2=O)cc(Br)c1OCc1ccccc1C#N. The fraction of sp³-hybridized carbons (Fsp3) is 0.148. The highest BCUT2D eigenvalue weighted by molar-refractivity contribution is 9.10. The summed E-state index contributed by atoms with van der Waals surface area (Å²) in [4.78, 5) is 26.6. The first-order chi connectivity index (χ1) is 16.9. The Labute approximate surface area is 211 Å². The summed E-state index contributed by atoms with van der Waals surface area (Å²) >= 11 is 3.51. The number of rotatable bonds is 7. The minimum Gasteiger partial charge on any atom is -0.493 e.